The van der Waals surface area contributed by atoms with Gasteiger partial charge in [-0.3, -0.25) is 4.79 Å². The first-order valence-electron chi connectivity index (χ1n) is 10.8. The highest BCUT2D eigenvalue weighted by molar-refractivity contribution is 5.69. The predicted octanol–water partition coefficient (Wildman–Crippen LogP) is 7.29. The number of hydrogen-bond acceptors (Lipinski definition) is 2. The summed E-state index contributed by atoms with van der Waals surface area (Å²) in [6.07, 6.45) is 28.1. The highest BCUT2D eigenvalue weighted by atomic mass is 16.5. The summed E-state index contributed by atoms with van der Waals surface area (Å²) >= 11 is 0. The van der Waals surface area contributed by atoms with Crippen LogP contribution in [0.1, 0.15) is 110 Å². The summed E-state index contributed by atoms with van der Waals surface area (Å²) in [7, 11) is 0. The molecule has 0 aromatic rings. The number of rotatable bonds is 15. The summed E-state index contributed by atoms with van der Waals surface area (Å²) in [6.45, 7) is 2.25. The Labute approximate surface area is 156 Å². The third kappa shape index (κ3) is 13.9. The molecule has 25 heavy (non-hydrogen) atoms. The lowest BCUT2D eigenvalue weighted by atomic mass is 10.1. The molecule has 1 saturated carbocycles. The zero-order valence-corrected chi connectivity index (χ0v) is 16.5. The van der Waals surface area contributed by atoms with Crippen LogP contribution in [0.5, 0.6) is 0 Å². The molecule has 0 aliphatic heterocycles. The third-order valence-corrected chi connectivity index (χ3v) is 4.93. The lowest BCUT2D eigenvalue weighted by molar-refractivity contribution is -0.148. The SMILES string of the molecule is CCCCCC=CCC=CCCCCCCCC(=O)OC1CCCC1. The quantitative estimate of drug-likeness (QED) is 0.176. The van der Waals surface area contributed by atoms with Crippen LogP contribution >= 0.6 is 0 Å². The molecule has 0 amide bonds. The third-order valence-electron chi connectivity index (χ3n) is 4.93. The monoisotopic (exact) mass is 348 g/mol. The van der Waals surface area contributed by atoms with Crippen molar-refractivity contribution in [3.05, 3.63) is 24.3 Å². The molecule has 2 nitrogen and oxygen atoms in total. The maximum absolute atomic E-state index is 11.7. The Morgan fingerprint density at radius 3 is 2.12 bits per heavy atom. The van der Waals surface area contributed by atoms with Gasteiger partial charge >= 0.3 is 5.97 Å². The van der Waals surface area contributed by atoms with E-state index in [0.29, 0.717) is 6.42 Å². The van der Waals surface area contributed by atoms with Gasteiger partial charge in [0, 0.05) is 6.42 Å². The number of allylic oxidation sites excluding steroid dienone is 4. The summed E-state index contributed by atoms with van der Waals surface area (Å²) in [6, 6.07) is 0. The standard InChI is InChI=1S/C23H40O2/c1-2-3-4-5-6-7-8-9-10-11-12-13-14-15-16-21-23(24)25-22-19-17-18-20-22/h6-7,9-10,22H,2-5,8,11-21H2,1H3. The first-order valence-corrected chi connectivity index (χ1v) is 10.8. The molecule has 1 aliphatic rings. The Balaban J connectivity index is 1.80. The van der Waals surface area contributed by atoms with Crippen molar-refractivity contribution in [1.82, 2.24) is 0 Å². The lowest BCUT2D eigenvalue weighted by Gasteiger charge is -2.10. The number of ether oxygens (including phenoxy) is 1. The average Bonchev–Trinajstić information content (AvgIpc) is 3.11. The molecule has 0 N–H and O–H groups in total. The Morgan fingerprint density at radius 2 is 1.44 bits per heavy atom. The van der Waals surface area contributed by atoms with Crippen molar-refractivity contribution < 1.29 is 9.53 Å². The molecule has 0 bridgehead atoms. The number of hydrogen-bond donors (Lipinski definition) is 0. The minimum Gasteiger partial charge on any atom is -0.462 e. The molecule has 0 atom stereocenters. The zero-order chi connectivity index (χ0) is 18.0. The smallest absolute Gasteiger partial charge is 0.306 e. The summed E-state index contributed by atoms with van der Waals surface area (Å²) in [5, 5.41) is 0. The summed E-state index contributed by atoms with van der Waals surface area (Å²) in [5.74, 6) is 0.0255. The van der Waals surface area contributed by atoms with E-state index in [9.17, 15) is 4.79 Å². The van der Waals surface area contributed by atoms with Gasteiger partial charge in [0.25, 0.3) is 0 Å². The van der Waals surface area contributed by atoms with Gasteiger partial charge in [0.15, 0.2) is 0 Å². The van der Waals surface area contributed by atoms with E-state index in [1.54, 1.807) is 0 Å². The molecule has 0 radical (unpaired) electrons. The fourth-order valence-electron chi connectivity index (χ4n) is 3.33. The average molecular weight is 349 g/mol. The number of carbonyl (C=O) groups excluding carboxylic acids is 1. The lowest BCUT2D eigenvalue weighted by Crippen LogP contribution is -2.14. The predicted molar refractivity (Wildman–Crippen MR) is 108 cm³/mol. The van der Waals surface area contributed by atoms with Crippen LogP contribution in [0.3, 0.4) is 0 Å². The van der Waals surface area contributed by atoms with Crippen LogP contribution in [0.15, 0.2) is 24.3 Å². The van der Waals surface area contributed by atoms with Crippen molar-refractivity contribution in [3.63, 3.8) is 0 Å². The first kappa shape index (κ1) is 22.0. The first-order chi connectivity index (χ1) is 12.3. The van der Waals surface area contributed by atoms with Gasteiger partial charge in [-0.25, -0.2) is 0 Å². The molecule has 1 rings (SSSR count). The maximum atomic E-state index is 11.7. The van der Waals surface area contributed by atoms with Gasteiger partial charge in [-0.15, -0.1) is 0 Å². The molecule has 1 aliphatic carbocycles. The maximum Gasteiger partial charge on any atom is 0.306 e. The van der Waals surface area contributed by atoms with Crippen molar-refractivity contribution in [1.29, 1.82) is 0 Å². The molecule has 2 heteroatoms. The van der Waals surface area contributed by atoms with E-state index in [1.165, 1.54) is 64.2 Å². The second-order valence-electron chi connectivity index (χ2n) is 7.38. The zero-order valence-electron chi connectivity index (χ0n) is 16.5. The molecular formula is C23H40O2. The van der Waals surface area contributed by atoms with Crippen LogP contribution in [-0.2, 0) is 9.53 Å². The van der Waals surface area contributed by atoms with E-state index in [0.717, 1.165) is 32.1 Å². The fraction of sp³-hybridized carbons (Fsp3) is 0.783. The Bertz CT molecular complexity index is 364. The largest absolute Gasteiger partial charge is 0.462 e. The minimum absolute atomic E-state index is 0.0255. The topological polar surface area (TPSA) is 26.3 Å². The van der Waals surface area contributed by atoms with Crippen molar-refractivity contribution in [3.8, 4) is 0 Å². The minimum atomic E-state index is 0.0255. The number of esters is 1. The molecule has 1 fully saturated rings. The fourth-order valence-corrected chi connectivity index (χ4v) is 3.33. The van der Waals surface area contributed by atoms with E-state index >= 15 is 0 Å². The second kappa shape index (κ2) is 16.4. The van der Waals surface area contributed by atoms with E-state index in [2.05, 4.69) is 31.2 Å². The van der Waals surface area contributed by atoms with Crippen molar-refractivity contribution in [2.45, 2.75) is 116 Å². The molecule has 0 saturated heterocycles. The summed E-state index contributed by atoms with van der Waals surface area (Å²) in [5.41, 5.74) is 0. The van der Waals surface area contributed by atoms with Gasteiger partial charge in [-0.05, 0) is 64.2 Å². The van der Waals surface area contributed by atoms with Crippen LogP contribution in [0.25, 0.3) is 0 Å². The molecule has 0 aromatic heterocycles. The van der Waals surface area contributed by atoms with Crippen molar-refractivity contribution in [2.24, 2.45) is 0 Å². The van der Waals surface area contributed by atoms with Crippen LogP contribution in [0.4, 0.5) is 0 Å². The van der Waals surface area contributed by atoms with Gasteiger partial charge in [0.2, 0.25) is 0 Å². The highest BCUT2D eigenvalue weighted by Gasteiger charge is 2.18. The molecular weight excluding hydrogens is 308 g/mol. The summed E-state index contributed by atoms with van der Waals surface area (Å²) < 4.78 is 5.48. The highest BCUT2D eigenvalue weighted by Crippen LogP contribution is 2.21. The van der Waals surface area contributed by atoms with E-state index in [-0.39, 0.29) is 12.1 Å². The van der Waals surface area contributed by atoms with Crippen LogP contribution in [0.2, 0.25) is 0 Å². The van der Waals surface area contributed by atoms with E-state index < -0.39 is 0 Å². The van der Waals surface area contributed by atoms with Gasteiger partial charge in [0.1, 0.15) is 6.10 Å². The molecule has 144 valence electrons. The van der Waals surface area contributed by atoms with Gasteiger partial charge in [0.05, 0.1) is 0 Å². The Hall–Kier alpha value is -1.05. The molecule has 0 aromatic carbocycles. The molecule has 0 heterocycles. The van der Waals surface area contributed by atoms with Crippen LogP contribution in [-0.4, -0.2) is 12.1 Å². The van der Waals surface area contributed by atoms with Crippen LogP contribution < -0.4 is 0 Å². The van der Waals surface area contributed by atoms with Gasteiger partial charge < -0.3 is 4.74 Å². The Morgan fingerprint density at radius 1 is 0.840 bits per heavy atom. The van der Waals surface area contributed by atoms with E-state index in [1.807, 2.05) is 0 Å². The molecule has 0 spiro atoms. The normalized spacial score (nSPS) is 15.6. The van der Waals surface area contributed by atoms with Crippen LogP contribution in [0, 0.1) is 0 Å². The van der Waals surface area contributed by atoms with Crippen molar-refractivity contribution >= 4 is 5.97 Å². The molecule has 0 unspecified atom stereocenters. The van der Waals surface area contributed by atoms with E-state index in [4.69, 9.17) is 4.74 Å². The summed E-state index contributed by atoms with van der Waals surface area (Å²) in [4.78, 5) is 11.7. The van der Waals surface area contributed by atoms with Crippen molar-refractivity contribution in [2.75, 3.05) is 0 Å². The van der Waals surface area contributed by atoms with Gasteiger partial charge in [-0.2, -0.15) is 0 Å². The number of unbranched alkanes of at least 4 members (excludes halogenated alkanes) is 8. The number of carbonyl (C=O) groups is 1. The van der Waals surface area contributed by atoms with Gasteiger partial charge in [-0.1, -0.05) is 63.3 Å². The Kier molecular flexibility index (Phi) is 14.4. The second-order valence-corrected chi connectivity index (χ2v) is 7.38.